The van der Waals surface area contributed by atoms with Crippen LogP contribution < -0.4 is 0 Å². The van der Waals surface area contributed by atoms with Crippen LogP contribution in [0.5, 0.6) is 0 Å². The molecule has 0 aliphatic rings. The molecular weight excluding hydrogens is 132 g/mol. The first-order chi connectivity index (χ1) is 4.24. The SMILES string of the molecule is CC[N+](CC)(CC)CC.[B-].[B-]. The van der Waals surface area contributed by atoms with Gasteiger partial charge in [-0.15, -0.1) is 0 Å². The summed E-state index contributed by atoms with van der Waals surface area (Å²) in [7, 11) is 0. The summed E-state index contributed by atoms with van der Waals surface area (Å²) in [6.07, 6.45) is 0. The van der Waals surface area contributed by atoms with E-state index in [1.54, 1.807) is 0 Å². The molecule has 11 heavy (non-hydrogen) atoms. The Bertz CT molecular complexity index is 55.0. The molecule has 64 valence electrons. The lowest BCUT2D eigenvalue weighted by atomic mass is 10.3. The van der Waals surface area contributed by atoms with Crippen LogP contribution in [0.2, 0.25) is 0 Å². The Morgan fingerprint density at radius 1 is 0.636 bits per heavy atom. The van der Waals surface area contributed by atoms with Gasteiger partial charge < -0.3 is 21.3 Å². The molecule has 0 saturated carbocycles. The van der Waals surface area contributed by atoms with E-state index in [1.807, 2.05) is 0 Å². The van der Waals surface area contributed by atoms with Crippen LogP contribution >= 0.6 is 0 Å². The third-order valence-electron chi connectivity index (χ3n) is 2.68. The van der Waals surface area contributed by atoms with Crippen LogP contribution in [0.3, 0.4) is 0 Å². The first-order valence-electron chi connectivity index (χ1n) is 4.09. The third-order valence-corrected chi connectivity index (χ3v) is 2.68. The summed E-state index contributed by atoms with van der Waals surface area (Å²) in [6.45, 7) is 14.2. The van der Waals surface area contributed by atoms with Gasteiger partial charge in [0.05, 0.1) is 26.2 Å². The summed E-state index contributed by atoms with van der Waals surface area (Å²) in [5.74, 6) is 0. The minimum atomic E-state index is 0. The summed E-state index contributed by atoms with van der Waals surface area (Å²) in [4.78, 5) is 0. The second-order valence-electron chi connectivity index (χ2n) is 2.61. The van der Waals surface area contributed by atoms with Crippen molar-refractivity contribution >= 4 is 16.8 Å². The van der Waals surface area contributed by atoms with Crippen molar-refractivity contribution < 1.29 is 4.48 Å². The molecule has 0 N–H and O–H groups in total. The number of nitrogens with zero attached hydrogens (tertiary/aromatic N) is 1. The third kappa shape index (κ3) is 4.52. The highest BCUT2D eigenvalue weighted by atomic mass is 15.3. The second kappa shape index (κ2) is 8.19. The number of hydrogen-bond acceptors (Lipinski definition) is 0. The van der Waals surface area contributed by atoms with Crippen LogP contribution in [0.25, 0.3) is 0 Å². The first-order valence-corrected chi connectivity index (χ1v) is 4.09. The molecule has 0 aromatic carbocycles. The maximum absolute atomic E-state index is 2.27. The lowest BCUT2D eigenvalue weighted by molar-refractivity contribution is -0.921. The molecule has 0 amide bonds. The van der Waals surface area contributed by atoms with Gasteiger partial charge in [-0.1, -0.05) is 0 Å². The van der Waals surface area contributed by atoms with E-state index in [9.17, 15) is 0 Å². The average Bonchev–Trinajstić information content (AvgIpc) is 1.95. The molecule has 3 heteroatoms. The van der Waals surface area contributed by atoms with Crippen molar-refractivity contribution in [3.8, 4) is 0 Å². The van der Waals surface area contributed by atoms with Crippen molar-refractivity contribution in [1.29, 1.82) is 0 Å². The van der Waals surface area contributed by atoms with E-state index >= 15 is 0 Å². The van der Waals surface area contributed by atoms with Gasteiger partial charge in [-0.3, -0.25) is 0 Å². The number of hydrogen-bond donors (Lipinski definition) is 0. The molecule has 1 nitrogen and oxygen atoms in total. The lowest BCUT2D eigenvalue weighted by Gasteiger charge is -2.34. The first kappa shape index (κ1) is 17.3. The molecular formula is C8H20B2N-. The minimum Gasteiger partial charge on any atom is -1.00 e. The quantitative estimate of drug-likeness (QED) is 0.418. The van der Waals surface area contributed by atoms with Gasteiger partial charge in [0, 0.05) is 0 Å². The van der Waals surface area contributed by atoms with Crippen molar-refractivity contribution in [3.63, 3.8) is 0 Å². The average molecular weight is 152 g/mol. The monoisotopic (exact) mass is 152 g/mol. The van der Waals surface area contributed by atoms with Crippen LogP contribution in [-0.2, 0) is 0 Å². The molecule has 0 bridgehead atoms. The van der Waals surface area contributed by atoms with Crippen molar-refractivity contribution in [2.75, 3.05) is 26.2 Å². The second-order valence-corrected chi connectivity index (χ2v) is 2.61. The zero-order valence-corrected chi connectivity index (χ0v) is 8.43. The van der Waals surface area contributed by atoms with Gasteiger partial charge in [0.25, 0.3) is 0 Å². The topological polar surface area (TPSA) is 0 Å². The molecule has 0 aliphatic heterocycles. The molecule has 0 aromatic rings. The molecule has 0 saturated heterocycles. The van der Waals surface area contributed by atoms with Gasteiger partial charge >= 0.3 is 0 Å². The molecule has 0 spiro atoms. The fourth-order valence-electron chi connectivity index (χ4n) is 1.34. The molecule has 0 heterocycles. The van der Waals surface area contributed by atoms with Gasteiger partial charge in [-0.2, -0.15) is 0 Å². The van der Waals surface area contributed by atoms with Crippen LogP contribution in [0.1, 0.15) is 27.7 Å². The van der Waals surface area contributed by atoms with Crippen LogP contribution in [-0.4, -0.2) is 47.5 Å². The van der Waals surface area contributed by atoms with Crippen LogP contribution in [0.15, 0.2) is 0 Å². The van der Waals surface area contributed by atoms with E-state index in [2.05, 4.69) is 27.7 Å². The Morgan fingerprint density at radius 2 is 0.818 bits per heavy atom. The maximum atomic E-state index is 2.27. The Balaban J connectivity index is -0.000000320. The van der Waals surface area contributed by atoms with Gasteiger partial charge in [-0.05, 0) is 27.7 Å². The van der Waals surface area contributed by atoms with E-state index in [-0.39, 0.29) is 16.8 Å². The van der Waals surface area contributed by atoms with Crippen molar-refractivity contribution in [2.24, 2.45) is 0 Å². The van der Waals surface area contributed by atoms with E-state index in [1.165, 1.54) is 30.7 Å². The molecule has 8 radical (unpaired) electrons. The predicted molar refractivity (Wildman–Crippen MR) is 53.9 cm³/mol. The van der Waals surface area contributed by atoms with E-state index < -0.39 is 0 Å². The smallest absolute Gasteiger partial charge is 0.0757 e. The summed E-state index contributed by atoms with van der Waals surface area (Å²) >= 11 is 0. The highest BCUT2D eigenvalue weighted by Crippen LogP contribution is 2.03. The van der Waals surface area contributed by atoms with Gasteiger partial charge in [0.2, 0.25) is 0 Å². The summed E-state index contributed by atoms with van der Waals surface area (Å²) in [6, 6.07) is 0. The van der Waals surface area contributed by atoms with E-state index in [0.717, 1.165) is 0 Å². The Labute approximate surface area is 75.9 Å². The Hall–Kier alpha value is 0.0899. The molecule has 0 rings (SSSR count). The zero-order chi connectivity index (χ0) is 7.33. The van der Waals surface area contributed by atoms with Crippen molar-refractivity contribution in [1.82, 2.24) is 0 Å². The highest BCUT2D eigenvalue weighted by molar-refractivity contribution is 5.76. The molecule has 0 fully saturated rings. The number of rotatable bonds is 4. The minimum absolute atomic E-state index is 0. The van der Waals surface area contributed by atoms with Crippen LogP contribution in [0, 0.1) is 0 Å². The largest absolute Gasteiger partial charge is 1.00 e. The van der Waals surface area contributed by atoms with Gasteiger partial charge in [0.1, 0.15) is 0 Å². The molecule has 0 atom stereocenters. The van der Waals surface area contributed by atoms with Gasteiger partial charge in [0.15, 0.2) is 0 Å². The fraction of sp³-hybridized carbons (Fsp3) is 1.00. The van der Waals surface area contributed by atoms with Crippen molar-refractivity contribution in [2.45, 2.75) is 27.7 Å². The van der Waals surface area contributed by atoms with E-state index in [4.69, 9.17) is 0 Å². The number of quaternary nitrogens is 1. The summed E-state index contributed by atoms with van der Waals surface area (Å²) in [5.41, 5.74) is 0. The maximum Gasteiger partial charge on any atom is 0.0757 e. The normalized spacial score (nSPS) is 9.82. The molecule has 0 unspecified atom stereocenters. The molecule has 0 aliphatic carbocycles. The Morgan fingerprint density at radius 3 is 0.818 bits per heavy atom. The highest BCUT2D eigenvalue weighted by Gasteiger charge is 2.16. The van der Waals surface area contributed by atoms with E-state index in [0.29, 0.717) is 0 Å². The van der Waals surface area contributed by atoms with Crippen LogP contribution in [0.4, 0.5) is 0 Å². The lowest BCUT2D eigenvalue weighted by Crippen LogP contribution is -2.47. The zero-order valence-electron chi connectivity index (χ0n) is 8.43. The summed E-state index contributed by atoms with van der Waals surface area (Å²) in [5, 5.41) is 0. The predicted octanol–water partition coefficient (Wildman–Crippen LogP) is 1.12. The van der Waals surface area contributed by atoms with Crippen molar-refractivity contribution in [3.05, 3.63) is 0 Å². The Kier molecular flexibility index (Phi) is 12.8. The van der Waals surface area contributed by atoms with Gasteiger partial charge in [-0.25, -0.2) is 0 Å². The summed E-state index contributed by atoms with van der Waals surface area (Å²) < 4.78 is 1.28. The molecule has 0 aromatic heterocycles. The standard InChI is InChI=1S/C8H20N.2B/c1-5-9(6-2,7-3)8-4;;/h5-8H2,1-4H3;;/q+1;2*-1. The fourth-order valence-corrected chi connectivity index (χ4v) is 1.34.